The van der Waals surface area contributed by atoms with E-state index in [1.165, 1.54) is 16.5 Å². The summed E-state index contributed by atoms with van der Waals surface area (Å²) in [5, 5.41) is 15.5. The van der Waals surface area contributed by atoms with Crippen LogP contribution < -0.4 is 5.32 Å². The lowest BCUT2D eigenvalue weighted by Crippen LogP contribution is -2.43. The number of pyridine rings is 1. The van der Waals surface area contributed by atoms with E-state index in [1.54, 1.807) is 17.5 Å². The number of nitriles is 1. The summed E-state index contributed by atoms with van der Waals surface area (Å²) in [5.74, 6) is 0. The Hall–Kier alpha value is -3.70. The number of hydrogen-bond acceptors (Lipinski definition) is 6. The summed E-state index contributed by atoms with van der Waals surface area (Å²) in [7, 11) is 2.19. The van der Waals surface area contributed by atoms with Gasteiger partial charge in [-0.25, -0.2) is 4.98 Å². The number of benzene rings is 2. The van der Waals surface area contributed by atoms with E-state index in [0.717, 1.165) is 70.3 Å². The molecule has 4 heterocycles. The van der Waals surface area contributed by atoms with E-state index in [9.17, 15) is 5.26 Å². The lowest BCUT2D eigenvalue weighted by atomic mass is 10.1. The molecule has 1 fully saturated rings. The zero-order valence-corrected chi connectivity index (χ0v) is 21.3. The highest BCUT2D eigenvalue weighted by molar-refractivity contribution is 7.21. The Labute approximate surface area is 214 Å². The Morgan fingerprint density at radius 2 is 1.86 bits per heavy atom. The number of fused-ring (bicyclic) bond motifs is 2. The van der Waals surface area contributed by atoms with Gasteiger partial charge in [0.1, 0.15) is 10.9 Å². The fourth-order valence-electron chi connectivity index (χ4n) is 4.94. The third-order valence-electron chi connectivity index (χ3n) is 7.19. The molecule has 0 radical (unpaired) electrons. The predicted octanol–water partition coefficient (Wildman–Crippen LogP) is 6.12. The van der Waals surface area contributed by atoms with Crippen LogP contribution in [0, 0.1) is 18.3 Å². The maximum atomic E-state index is 9.83. The molecule has 0 amide bonds. The van der Waals surface area contributed by atoms with Crippen LogP contribution >= 0.6 is 11.3 Å². The summed E-state index contributed by atoms with van der Waals surface area (Å²) < 4.78 is 0. The van der Waals surface area contributed by atoms with Crippen molar-refractivity contribution in [2.45, 2.75) is 13.5 Å². The second-order valence-electron chi connectivity index (χ2n) is 9.57. The molecular weight excluding hydrogens is 464 g/mol. The number of piperazine rings is 1. The smallest absolute Gasteiger partial charge is 0.126 e. The van der Waals surface area contributed by atoms with Crippen molar-refractivity contribution in [3.8, 4) is 16.5 Å². The number of aryl methyl sites for hydroxylation is 1. The van der Waals surface area contributed by atoms with Crippen molar-refractivity contribution in [1.29, 1.82) is 5.26 Å². The number of likely N-dealkylation sites (N-methyl/N-ethyl adjacent to an activating group) is 1. The molecule has 1 saturated heterocycles. The molecule has 6 rings (SSSR count). The number of nitrogens with one attached hydrogen (secondary N) is 2. The number of nitrogens with zero attached hydrogens (tertiary/aromatic N) is 4. The molecule has 0 aliphatic carbocycles. The fourth-order valence-corrected chi connectivity index (χ4v) is 5.96. The second kappa shape index (κ2) is 9.40. The van der Waals surface area contributed by atoms with Crippen molar-refractivity contribution < 1.29 is 0 Å². The van der Waals surface area contributed by atoms with Gasteiger partial charge in [-0.1, -0.05) is 24.3 Å². The van der Waals surface area contributed by atoms with Crippen molar-refractivity contribution in [2.24, 2.45) is 0 Å². The molecule has 0 bridgehead atoms. The molecule has 0 saturated carbocycles. The molecule has 7 heteroatoms. The summed E-state index contributed by atoms with van der Waals surface area (Å²) in [6.45, 7) is 7.60. The quantitative estimate of drug-likeness (QED) is 0.309. The first-order valence-corrected chi connectivity index (χ1v) is 13.1. The van der Waals surface area contributed by atoms with Gasteiger partial charge in [0.25, 0.3) is 0 Å². The van der Waals surface area contributed by atoms with Gasteiger partial charge in [-0.2, -0.15) is 5.26 Å². The molecule has 3 aromatic heterocycles. The molecular formula is C29H28N6S. The topological polar surface area (TPSA) is 71.0 Å². The van der Waals surface area contributed by atoms with Gasteiger partial charge in [-0.3, -0.25) is 4.90 Å². The van der Waals surface area contributed by atoms with Crippen LogP contribution in [-0.2, 0) is 6.54 Å². The highest BCUT2D eigenvalue weighted by Crippen LogP contribution is 2.39. The Balaban J connectivity index is 1.30. The minimum absolute atomic E-state index is 0.544. The highest BCUT2D eigenvalue weighted by atomic mass is 32.1. The normalized spacial score (nSPS) is 14.9. The summed E-state index contributed by atoms with van der Waals surface area (Å²) in [6, 6.07) is 19.6. The summed E-state index contributed by atoms with van der Waals surface area (Å²) >= 11 is 1.66. The van der Waals surface area contributed by atoms with Crippen LogP contribution in [0.15, 0.2) is 60.9 Å². The van der Waals surface area contributed by atoms with E-state index in [1.807, 2.05) is 6.20 Å². The molecule has 2 N–H and O–H groups in total. The van der Waals surface area contributed by atoms with Crippen LogP contribution in [-0.4, -0.2) is 53.0 Å². The molecule has 36 heavy (non-hydrogen) atoms. The van der Waals surface area contributed by atoms with Gasteiger partial charge in [0, 0.05) is 72.0 Å². The number of hydrogen-bond donors (Lipinski definition) is 2. The van der Waals surface area contributed by atoms with Gasteiger partial charge in [0.15, 0.2) is 0 Å². The lowest BCUT2D eigenvalue weighted by Gasteiger charge is -2.32. The van der Waals surface area contributed by atoms with Gasteiger partial charge in [0.2, 0.25) is 0 Å². The standard InChI is InChI=1S/C29H28N6S/c1-19-23-9-10-31-26(23)8-7-25(19)33-28-22(16-30)17-32-29-24(28)15-27(36-29)21-5-3-20(4-6-21)18-35-13-11-34(2)12-14-35/h3-10,15,17,31H,11-14,18H2,1-2H3,(H,32,33). The summed E-state index contributed by atoms with van der Waals surface area (Å²) in [4.78, 5) is 14.8. The largest absolute Gasteiger partial charge is 0.361 e. The highest BCUT2D eigenvalue weighted by Gasteiger charge is 2.16. The molecule has 1 aliphatic rings. The molecule has 0 unspecified atom stereocenters. The third kappa shape index (κ3) is 4.24. The van der Waals surface area contributed by atoms with Crippen LogP contribution in [0.2, 0.25) is 0 Å². The van der Waals surface area contributed by atoms with Crippen LogP contribution in [0.3, 0.4) is 0 Å². The Morgan fingerprint density at radius 1 is 1.06 bits per heavy atom. The van der Waals surface area contributed by atoms with Crippen LogP contribution in [0.4, 0.5) is 11.4 Å². The van der Waals surface area contributed by atoms with E-state index < -0.39 is 0 Å². The molecule has 1 aliphatic heterocycles. The minimum Gasteiger partial charge on any atom is -0.361 e. The van der Waals surface area contributed by atoms with E-state index in [2.05, 4.69) is 93.7 Å². The van der Waals surface area contributed by atoms with Crippen molar-refractivity contribution in [2.75, 3.05) is 38.5 Å². The monoisotopic (exact) mass is 492 g/mol. The Morgan fingerprint density at radius 3 is 2.64 bits per heavy atom. The number of rotatable bonds is 5. The van der Waals surface area contributed by atoms with Crippen molar-refractivity contribution in [3.63, 3.8) is 0 Å². The number of anilines is 2. The first-order valence-electron chi connectivity index (χ1n) is 12.3. The average Bonchev–Trinajstić information content (AvgIpc) is 3.55. The first-order chi connectivity index (χ1) is 17.6. The number of H-pyrrole nitrogens is 1. The van der Waals surface area contributed by atoms with Gasteiger partial charge < -0.3 is 15.2 Å². The maximum absolute atomic E-state index is 9.83. The van der Waals surface area contributed by atoms with Crippen LogP contribution in [0.1, 0.15) is 16.7 Å². The number of aromatic nitrogens is 2. The summed E-state index contributed by atoms with van der Waals surface area (Å²) in [6.07, 6.45) is 3.63. The molecule has 5 aromatic rings. The predicted molar refractivity (Wildman–Crippen MR) is 149 cm³/mol. The van der Waals surface area contributed by atoms with Crippen molar-refractivity contribution in [3.05, 3.63) is 77.6 Å². The van der Waals surface area contributed by atoms with Crippen LogP contribution in [0.25, 0.3) is 31.6 Å². The van der Waals surface area contributed by atoms with Gasteiger partial charge >= 0.3 is 0 Å². The number of thiophene rings is 1. The van der Waals surface area contributed by atoms with E-state index in [4.69, 9.17) is 0 Å². The van der Waals surface area contributed by atoms with Gasteiger partial charge in [0.05, 0.1) is 11.3 Å². The third-order valence-corrected chi connectivity index (χ3v) is 8.28. The van der Waals surface area contributed by atoms with E-state index >= 15 is 0 Å². The Kier molecular flexibility index (Phi) is 5.94. The molecule has 0 spiro atoms. The zero-order valence-electron chi connectivity index (χ0n) is 20.5. The molecule has 180 valence electrons. The fraction of sp³-hybridized carbons (Fsp3) is 0.241. The lowest BCUT2D eigenvalue weighted by molar-refractivity contribution is 0.148. The number of aromatic amines is 1. The van der Waals surface area contributed by atoms with Gasteiger partial charge in [-0.05, 0) is 54.9 Å². The summed E-state index contributed by atoms with van der Waals surface area (Å²) in [5.41, 5.74) is 7.12. The maximum Gasteiger partial charge on any atom is 0.126 e. The first kappa shape index (κ1) is 22.7. The average molecular weight is 493 g/mol. The minimum atomic E-state index is 0.544. The van der Waals surface area contributed by atoms with Crippen molar-refractivity contribution >= 4 is 43.8 Å². The van der Waals surface area contributed by atoms with E-state index in [-0.39, 0.29) is 0 Å². The second-order valence-corrected chi connectivity index (χ2v) is 10.6. The molecule has 6 nitrogen and oxygen atoms in total. The zero-order chi connectivity index (χ0) is 24.6. The SMILES string of the molecule is Cc1c(Nc2c(C#N)cnc3sc(-c4ccc(CN5CCN(C)CC5)cc4)cc23)ccc2[nH]ccc12. The molecule has 0 atom stereocenters. The van der Waals surface area contributed by atoms with E-state index in [0.29, 0.717) is 5.56 Å². The van der Waals surface area contributed by atoms with Gasteiger partial charge in [-0.15, -0.1) is 11.3 Å². The van der Waals surface area contributed by atoms with Crippen LogP contribution in [0.5, 0.6) is 0 Å². The Bertz CT molecular complexity index is 1580. The molecule has 2 aromatic carbocycles. The van der Waals surface area contributed by atoms with Crippen molar-refractivity contribution in [1.82, 2.24) is 19.8 Å².